The molecule has 1 unspecified atom stereocenters. The summed E-state index contributed by atoms with van der Waals surface area (Å²) < 4.78 is 6.60. The van der Waals surface area contributed by atoms with Crippen LogP contribution in [0.1, 0.15) is 11.7 Å². The Morgan fingerprint density at radius 1 is 1.77 bits per heavy atom. The van der Waals surface area contributed by atoms with E-state index in [-0.39, 0.29) is 0 Å². The molecular formula is C8H13N3O2. The number of nitrogens with two attached hydrogens (primary N) is 1. The summed E-state index contributed by atoms with van der Waals surface area (Å²) in [6.07, 6.45) is 1.66. The molecule has 3 N–H and O–H groups in total. The molecule has 0 saturated carbocycles. The van der Waals surface area contributed by atoms with Crippen molar-refractivity contribution in [1.82, 2.24) is 9.78 Å². The van der Waals surface area contributed by atoms with Crippen molar-refractivity contribution in [3.05, 3.63) is 18.0 Å². The van der Waals surface area contributed by atoms with Crippen molar-refractivity contribution in [1.29, 1.82) is 0 Å². The summed E-state index contributed by atoms with van der Waals surface area (Å²) in [5.74, 6) is 0. The molecule has 1 saturated heterocycles. The van der Waals surface area contributed by atoms with E-state index in [4.69, 9.17) is 10.5 Å². The zero-order valence-corrected chi connectivity index (χ0v) is 7.47. The monoisotopic (exact) mass is 183 g/mol. The van der Waals surface area contributed by atoms with Gasteiger partial charge in [0.15, 0.2) is 0 Å². The number of aromatic nitrogens is 2. The number of aliphatic hydroxyl groups is 1. The fourth-order valence-corrected chi connectivity index (χ4v) is 1.46. The molecule has 1 aromatic rings. The minimum Gasteiger partial charge on any atom is -0.383 e. The highest BCUT2D eigenvalue weighted by Gasteiger charge is 2.43. The number of hydrogen-bond donors (Lipinski definition) is 2. The van der Waals surface area contributed by atoms with Gasteiger partial charge in [-0.2, -0.15) is 5.10 Å². The second-order valence-electron chi connectivity index (χ2n) is 3.45. The first-order chi connectivity index (χ1) is 6.13. The molecule has 5 heteroatoms. The van der Waals surface area contributed by atoms with Gasteiger partial charge in [-0.3, -0.25) is 4.68 Å². The highest BCUT2D eigenvalue weighted by molar-refractivity contribution is 5.13. The Morgan fingerprint density at radius 2 is 2.46 bits per heavy atom. The van der Waals surface area contributed by atoms with Crippen LogP contribution in [-0.4, -0.2) is 33.7 Å². The Hall–Kier alpha value is -0.910. The minimum atomic E-state index is -0.909. The second-order valence-corrected chi connectivity index (χ2v) is 3.45. The van der Waals surface area contributed by atoms with Gasteiger partial charge in [-0.25, -0.2) is 0 Å². The molecule has 0 radical (unpaired) electrons. The van der Waals surface area contributed by atoms with E-state index < -0.39 is 11.6 Å². The lowest BCUT2D eigenvalue weighted by Crippen LogP contribution is -2.57. The number of aryl methyl sites for hydroxylation is 1. The largest absolute Gasteiger partial charge is 0.383 e. The smallest absolute Gasteiger partial charge is 0.132 e. The fourth-order valence-electron chi connectivity index (χ4n) is 1.46. The van der Waals surface area contributed by atoms with Crippen LogP contribution in [0.3, 0.4) is 0 Å². The maximum absolute atomic E-state index is 9.88. The highest BCUT2D eigenvalue weighted by atomic mass is 16.5. The highest BCUT2D eigenvalue weighted by Crippen LogP contribution is 2.29. The third-order valence-corrected chi connectivity index (χ3v) is 2.46. The molecule has 1 aromatic heterocycles. The number of rotatable bonds is 2. The lowest BCUT2D eigenvalue weighted by atomic mass is 9.90. The lowest BCUT2D eigenvalue weighted by Gasteiger charge is -2.40. The van der Waals surface area contributed by atoms with Crippen molar-refractivity contribution in [2.24, 2.45) is 12.8 Å². The van der Waals surface area contributed by atoms with Crippen molar-refractivity contribution >= 4 is 0 Å². The van der Waals surface area contributed by atoms with Gasteiger partial charge in [-0.15, -0.1) is 0 Å². The molecular weight excluding hydrogens is 170 g/mol. The standard InChI is InChI=1S/C8H13N3O2/c1-11-6(2-3-10-11)7(9)8(12)4-13-5-8/h2-3,7,12H,4-5,9H2,1H3. The average Bonchev–Trinajstić information content (AvgIpc) is 2.46. The molecule has 1 fully saturated rings. The molecule has 0 aromatic carbocycles. The van der Waals surface area contributed by atoms with E-state index >= 15 is 0 Å². The first kappa shape index (κ1) is 8.68. The van der Waals surface area contributed by atoms with Crippen molar-refractivity contribution in [3.63, 3.8) is 0 Å². The topological polar surface area (TPSA) is 73.3 Å². The maximum atomic E-state index is 9.88. The average molecular weight is 183 g/mol. The summed E-state index contributed by atoms with van der Waals surface area (Å²) in [6, 6.07) is 1.38. The Bertz CT molecular complexity index is 306. The van der Waals surface area contributed by atoms with Gasteiger partial charge >= 0.3 is 0 Å². The minimum absolute atomic E-state index is 0.305. The summed E-state index contributed by atoms with van der Waals surface area (Å²) in [7, 11) is 1.80. The molecule has 1 atom stereocenters. The van der Waals surface area contributed by atoms with Crippen molar-refractivity contribution in [3.8, 4) is 0 Å². The Morgan fingerprint density at radius 3 is 2.85 bits per heavy atom. The van der Waals surface area contributed by atoms with Crippen LogP contribution in [0, 0.1) is 0 Å². The van der Waals surface area contributed by atoms with Crippen LogP contribution in [0.25, 0.3) is 0 Å². The Balaban J connectivity index is 2.22. The molecule has 72 valence electrons. The van der Waals surface area contributed by atoms with Crippen molar-refractivity contribution in [2.45, 2.75) is 11.6 Å². The quantitative estimate of drug-likeness (QED) is 0.628. The summed E-state index contributed by atoms with van der Waals surface area (Å²) in [5.41, 5.74) is 5.80. The van der Waals surface area contributed by atoms with Gasteiger partial charge in [-0.1, -0.05) is 0 Å². The lowest BCUT2D eigenvalue weighted by molar-refractivity contribution is -0.191. The molecule has 1 aliphatic heterocycles. The van der Waals surface area contributed by atoms with Gasteiger partial charge in [0.2, 0.25) is 0 Å². The van der Waals surface area contributed by atoms with Gasteiger partial charge in [0.25, 0.3) is 0 Å². The first-order valence-corrected chi connectivity index (χ1v) is 4.17. The van der Waals surface area contributed by atoms with Crippen LogP contribution < -0.4 is 5.73 Å². The van der Waals surface area contributed by atoms with Crippen LogP contribution >= 0.6 is 0 Å². The van der Waals surface area contributed by atoms with E-state index in [9.17, 15) is 5.11 Å². The number of nitrogens with zero attached hydrogens (tertiary/aromatic N) is 2. The maximum Gasteiger partial charge on any atom is 0.132 e. The third-order valence-electron chi connectivity index (χ3n) is 2.46. The third kappa shape index (κ3) is 1.25. The van der Waals surface area contributed by atoms with E-state index in [1.165, 1.54) is 0 Å². The summed E-state index contributed by atoms with van der Waals surface area (Å²) >= 11 is 0. The first-order valence-electron chi connectivity index (χ1n) is 4.17. The van der Waals surface area contributed by atoms with Gasteiger partial charge < -0.3 is 15.6 Å². The molecule has 0 spiro atoms. The Kier molecular flexibility index (Phi) is 1.87. The number of hydrogen-bond acceptors (Lipinski definition) is 4. The van der Waals surface area contributed by atoms with Crippen LogP contribution in [0.15, 0.2) is 12.3 Å². The summed E-state index contributed by atoms with van der Waals surface area (Å²) in [6.45, 7) is 0.610. The van der Waals surface area contributed by atoms with E-state index in [0.717, 1.165) is 5.69 Å². The summed E-state index contributed by atoms with van der Waals surface area (Å²) in [4.78, 5) is 0. The molecule has 2 heterocycles. The zero-order chi connectivity index (χ0) is 9.47. The van der Waals surface area contributed by atoms with Crippen molar-refractivity contribution in [2.75, 3.05) is 13.2 Å². The predicted octanol–water partition coefficient (Wildman–Crippen LogP) is -0.819. The molecule has 0 aliphatic carbocycles. The zero-order valence-electron chi connectivity index (χ0n) is 7.47. The van der Waals surface area contributed by atoms with E-state index in [1.807, 2.05) is 0 Å². The molecule has 0 bridgehead atoms. The predicted molar refractivity (Wildman–Crippen MR) is 45.9 cm³/mol. The molecule has 13 heavy (non-hydrogen) atoms. The van der Waals surface area contributed by atoms with E-state index in [1.54, 1.807) is 24.0 Å². The molecule has 5 nitrogen and oxygen atoms in total. The van der Waals surface area contributed by atoms with Gasteiger partial charge in [0.05, 0.1) is 24.9 Å². The van der Waals surface area contributed by atoms with Crippen LogP contribution in [0.5, 0.6) is 0 Å². The van der Waals surface area contributed by atoms with Crippen LogP contribution in [0.2, 0.25) is 0 Å². The van der Waals surface area contributed by atoms with Gasteiger partial charge in [0, 0.05) is 13.2 Å². The molecule has 1 aliphatic rings. The van der Waals surface area contributed by atoms with Crippen LogP contribution in [0.4, 0.5) is 0 Å². The molecule has 0 amide bonds. The van der Waals surface area contributed by atoms with Gasteiger partial charge in [-0.05, 0) is 6.07 Å². The van der Waals surface area contributed by atoms with Gasteiger partial charge in [0.1, 0.15) is 5.60 Å². The van der Waals surface area contributed by atoms with E-state index in [0.29, 0.717) is 13.2 Å². The summed E-state index contributed by atoms with van der Waals surface area (Å²) in [5, 5.41) is 13.9. The molecule has 2 rings (SSSR count). The fraction of sp³-hybridized carbons (Fsp3) is 0.625. The Labute approximate surface area is 76.1 Å². The van der Waals surface area contributed by atoms with E-state index in [2.05, 4.69) is 5.10 Å². The number of ether oxygens (including phenoxy) is 1. The van der Waals surface area contributed by atoms with Crippen molar-refractivity contribution < 1.29 is 9.84 Å². The SMILES string of the molecule is Cn1nccc1C(N)C1(O)COC1. The second kappa shape index (κ2) is 2.80. The normalized spacial score (nSPS) is 22.4. The van der Waals surface area contributed by atoms with Crippen LogP contribution in [-0.2, 0) is 11.8 Å².